The van der Waals surface area contributed by atoms with Crippen LogP contribution in [0, 0.1) is 0 Å². The van der Waals surface area contributed by atoms with E-state index in [0.29, 0.717) is 18.2 Å². The number of allylic oxidation sites excluding steroid dienone is 1. The molecule has 0 bridgehead atoms. The molecule has 1 aromatic carbocycles. The molecule has 1 heterocycles. The van der Waals surface area contributed by atoms with Crippen LogP contribution in [0.25, 0.3) is 0 Å². The Labute approximate surface area is 112 Å². The molecule has 1 N–H and O–H groups in total. The number of hydrogen-bond acceptors (Lipinski definition) is 4. The van der Waals surface area contributed by atoms with Gasteiger partial charge in [0.05, 0.1) is 5.69 Å². The van der Waals surface area contributed by atoms with Crippen molar-refractivity contribution in [3.8, 4) is 5.88 Å². The summed E-state index contributed by atoms with van der Waals surface area (Å²) in [4.78, 5) is 8.09. The van der Waals surface area contributed by atoms with Gasteiger partial charge in [-0.2, -0.15) is 0 Å². The number of hydrogen-bond donors (Lipinski definition) is 1. The van der Waals surface area contributed by atoms with E-state index in [1.54, 1.807) is 6.07 Å². The Hall–Kier alpha value is -2.20. The predicted molar refractivity (Wildman–Crippen MR) is 72.8 cm³/mol. The number of benzene rings is 1. The second kappa shape index (κ2) is 6.66. The van der Waals surface area contributed by atoms with E-state index in [9.17, 15) is 5.11 Å². The van der Waals surface area contributed by atoms with E-state index in [1.807, 2.05) is 49.4 Å². The lowest BCUT2D eigenvalue weighted by Crippen LogP contribution is -2.04. The van der Waals surface area contributed by atoms with E-state index in [2.05, 4.69) is 9.97 Å². The maximum atomic E-state index is 10.2. The first-order valence-electron chi connectivity index (χ1n) is 6.10. The first-order valence-corrected chi connectivity index (χ1v) is 6.10. The molecule has 0 aliphatic rings. The highest BCUT2D eigenvalue weighted by atomic mass is 16.5. The van der Waals surface area contributed by atoms with Gasteiger partial charge in [-0.15, -0.1) is 0 Å². The molecule has 0 amide bonds. The second-order valence-corrected chi connectivity index (χ2v) is 3.97. The molecule has 0 fully saturated rings. The minimum Gasteiger partial charge on any atom is -0.473 e. The van der Waals surface area contributed by atoms with E-state index in [-0.39, 0.29) is 0 Å². The fraction of sp³-hybridized carbons (Fsp3) is 0.200. The molecule has 2 rings (SSSR count). The number of rotatable bonds is 5. The summed E-state index contributed by atoms with van der Waals surface area (Å²) in [5.74, 6) is 0.457. The molecule has 19 heavy (non-hydrogen) atoms. The van der Waals surface area contributed by atoms with Crippen LogP contribution in [-0.4, -0.2) is 21.7 Å². The van der Waals surface area contributed by atoms with Gasteiger partial charge in [-0.3, -0.25) is 0 Å². The van der Waals surface area contributed by atoms with Gasteiger partial charge in [-0.1, -0.05) is 42.5 Å². The van der Waals surface area contributed by atoms with Gasteiger partial charge < -0.3 is 9.84 Å². The van der Waals surface area contributed by atoms with Crippen molar-refractivity contribution in [1.82, 2.24) is 9.97 Å². The Morgan fingerprint density at radius 3 is 2.79 bits per heavy atom. The lowest BCUT2D eigenvalue weighted by atomic mass is 10.1. The second-order valence-electron chi connectivity index (χ2n) is 3.97. The summed E-state index contributed by atoms with van der Waals surface area (Å²) in [7, 11) is 0. The maximum absolute atomic E-state index is 10.2. The third-order valence-corrected chi connectivity index (χ3v) is 2.62. The van der Waals surface area contributed by atoms with Gasteiger partial charge in [0.15, 0.2) is 0 Å². The molecule has 4 nitrogen and oxygen atoms in total. The average Bonchev–Trinajstić information content (AvgIpc) is 2.48. The molecular formula is C15H16N2O2. The van der Waals surface area contributed by atoms with Crippen LogP contribution in [0.3, 0.4) is 0 Å². The zero-order chi connectivity index (χ0) is 13.5. The zero-order valence-electron chi connectivity index (χ0n) is 10.7. The standard InChI is InChI=1S/C15H16N2O2/c1-2-3-9-19-14-10-13(16-11-17-14)15(18)12-7-5-4-6-8-12/h2-8,10-11,15,18H,9H2,1H3/b3-2+. The van der Waals surface area contributed by atoms with Crippen LogP contribution in [0.2, 0.25) is 0 Å². The first-order chi connectivity index (χ1) is 9.31. The van der Waals surface area contributed by atoms with E-state index >= 15 is 0 Å². The highest BCUT2D eigenvalue weighted by Gasteiger charge is 2.12. The normalized spacial score (nSPS) is 12.5. The molecule has 98 valence electrons. The Kier molecular flexibility index (Phi) is 4.64. The van der Waals surface area contributed by atoms with Crippen molar-refractivity contribution in [2.24, 2.45) is 0 Å². The largest absolute Gasteiger partial charge is 0.473 e. The van der Waals surface area contributed by atoms with Crippen LogP contribution < -0.4 is 4.74 Å². The topological polar surface area (TPSA) is 55.2 Å². The van der Waals surface area contributed by atoms with Crippen LogP contribution >= 0.6 is 0 Å². The fourth-order valence-corrected chi connectivity index (χ4v) is 1.62. The summed E-state index contributed by atoms with van der Waals surface area (Å²) >= 11 is 0. The van der Waals surface area contributed by atoms with Crippen molar-refractivity contribution in [3.05, 3.63) is 66.1 Å². The van der Waals surface area contributed by atoms with Crippen molar-refractivity contribution in [2.75, 3.05) is 6.61 Å². The summed E-state index contributed by atoms with van der Waals surface area (Å²) in [5.41, 5.74) is 1.32. The summed E-state index contributed by atoms with van der Waals surface area (Å²) in [6.45, 7) is 2.38. The van der Waals surface area contributed by atoms with E-state index < -0.39 is 6.10 Å². The summed E-state index contributed by atoms with van der Waals surface area (Å²) in [6, 6.07) is 11.0. The molecule has 1 aromatic heterocycles. The summed E-state index contributed by atoms with van der Waals surface area (Å²) in [6.07, 6.45) is 4.41. The zero-order valence-corrected chi connectivity index (χ0v) is 10.7. The van der Waals surface area contributed by atoms with Crippen LogP contribution in [0.1, 0.15) is 24.3 Å². The molecular weight excluding hydrogens is 240 g/mol. The Balaban J connectivity index is 2.14. The van der Waals surface area contributed by atoms with Gasteiger partial charge in [0.1, 0.15) is 19.0 Å². The molecule has 0 radical (unpaired) electrons. The van der Waals surface area contributed by atoms with Crippen molar-refractivity contribution >= 4 is 0 Å². The van der Waals surface area contributed by atoms with Gasteiger partial charge >= 0.3 is 0 Å². The number of aliphatic hydroxyl groups excluding tert-OH is 1. The Morgan fingerprint density at radius 2 is 2.05 bits per heavy atom. The average molecular weight is 256 g/mol. The summed E-state index contributed by atoms with van der Waals surface area (Å²) in [5, 5.41) is 10.2. The predicted octanol–water partition coefficient (Wildman–Crippen LogP) is 2.51. The highest BCUT2D eigenvalue weighted by Crippen LogP contribution is 2.21. The molecule has 0 aliphatic heterocycles. The Bertz CT molecular complexity index is 541. The van der Waals surface area contributed by atoms with E-state index in [0.717, 1.165) is 5.56 Å². The molecule has 2 aromatic rings. The lowest BCUT2D eigenvalue weighted by molar-refractivity contribution is 0.214. The smallest absolute Gasteiger partial charge is 0.216 e. The molecule has 1 unspecified atom stereocenters. The maximum Gasteiger partial charge on any atom is 0.216 e. The van der Waals surface area contributed by atoms with Crippen LogP contribution in [0.5, 0.6) is 5.88 Å². The molecule has 0 saturated carbocycles. The van der Waals surface area contributed by atoms with Crippen molar-refractivity contribution in [2.45, 2.75) is 13.0 Å². The molecule has 4 heteroatoms. The van der Waals surface area contributed by atoms with Gasteiger partial charge in [0, 0.05) is 6.07 Å². The van der Waals surface area contributed by atoms with Gasteiger partial charge in [0.2, 0.25) is 5.88 Å². The molecule has 1 atom stereocenters. The van der Waals surface area contributed by atoms with Crippen molar-refractivity contribution in [1.29, 1.82) is 0 Å². The van der Waals surface area contributed by atoms with Gasteiger partial charge in [0.25, 0.3) is 0 Å². The number of nitrogens with zero attached hydrogens (tertiary/aromatic N) is 2. The minimum absolute atomic E-state index is 0.453. The van der Waals surface area contributed by atoms with E-state index in [4.69, 9.17) is 4.74 Å². The van der Waals surface area contributed by atoms with Gasteiger partial charge in [-0.25, -0.2) is 9.97 Å². The number of aliphatic hydroxyl groups is 1. The van der Waals surface area contributed by atoms with Crippen molar-refractivity contribution in [3.63, 3.8) is 0 Å². The lowest BCUT2D eigenvalue weighted by Gasteiger charge is -2.11. The monoisotopic (exact) mass is 256 g/mol. The molecule has 0 saturated heterocycles. The van der Waals surface area contributed by atoms with Crippen LogP contribution in [0.4, 0.5) is 0 Å². The molecule has 0 aliphatic carbocycles. The summed E-state index contributed by atoms with van der Waals surface area (Å²) < 4.78 is 5.42. The van der Waals surface area contributed by atoms with Crippen LogP contribution in [-0.2, 0) is 0 Å². The van der Waals surface area contributed by atoms with Crippen LogP contribution in [0.15, 0.2) is 54.9 Å². The molecule has 0 spiro atoms. The quantitative estimate of drug-likeness (QED) is 0.835. The van der Waals surface area contributed by atoms with E-state index in [1.165, 1.54) is 6.33 Å². The SMILES string of the molecule is C/C=C/COc1cc(C(O)c2ccccc2)ncn1. The third kappa shape index (κ3) is 3.63. The number of aromatic nitrogens is 2. The third-order valence-electron chi connectivity index (χ3n) is 2.62. The van der Waals surface area contributed by atoms with Gasteiger partial charge in [-0.05, 0) is 12.5 Å². The minimum atomic E-state index is -0.770. The highest BCUT2D eigenvalue weighted by molar-refractivity contribution is 5.27. The Morgan fingerprint density at radius 1 is 1.26 bits per heavy atom. The first kappa shape index (κ1) is 13.2. The fourth-order valence-electron chi connectivity index (χ4n) is 1.62. The van der Waals surface area contributed by atoms with Crippen molar-refractivity contribution < 1.29 is 9.84 Å². The number of ether oxygens (including phenoxy) is 1.